The molecule has 3 rings (SSSR count). The van der Waals surface area contributed by atoms with E-state index in [1.54, 1.807) is 0 Å². The van der Waals surface area contributed by atoms with Gasteiger partial charge in [-0.15, -0.1) is 0 Å². The number of hydrogen-bond acceptors (Lipinski definition) is 1. The third-order valence-corrected chi connectivity index (χ3v) is 3.50. The first kappa shape index (κ1) is 10.1. The monoisotopic (exact) mass is 227 g/mol. The number of carboxylic acid groups (broad SMARTS) is 1. The molecule has 1 aromatic heterocycles. The van der Waals surface area contributed by atoms with Crippen molar-refractivity contribution in [3.8, 4) is 0 Å². The van der Waals surface area contributed by atoms with Crippen LogP contribution in [0.1, 0.15) is 17.7 Å². The zero-order valence-corrected chi connectivity index (χ0v) is 9.60. The summed E-state index contributed by atoms with van der Waals surface area (Å²) in [5.74, 6) is -0.802. The van der Waals surface area contributed by atoms with Crippen LogP contribution in [-0.2, 0) is 18.3 Å². The summed E-state index contributed by atoms with van der Waals surface area (Å²) in [4.78, 5) is 11.0. The molecule has 2 aromatic rings. The van der Waals surface area contributed by atoms with Crippen molar-refractivity contribution in [2.75, 3.05) is 0 Å². The van der Waals surface area contributed by atoms with E-state index >= 15 is 0 Å². The zero-order valence-electron chi connectivity index (χ0n) is 9.60. The SMILES string of the molecule is Cn1c2c(c3ccccc31)C=C(C(=O)O)CC2. The summed E-state index contributed by atoms with van der Waals surface area (Å²) in [5, 5.41) is 10.2. The lowest BCUT2D eigenvalue weighted by Gasteiger charge is -2.12. The second kappa shape index (κ2) is 3.48. The third kappa shape index (κ3) is 1.39. The number of nitrogens with zero attached hydrogens (tertiary/aromatic N) is 1. The summed E-state index contributed by atoms with van der Waals surface area (Å²) in [5.41, 5.74) is 3.98. The molecule has 3 heteroatoms. The molecule has 0 radical (unpaired) electrons. The predicted molar refractivity (Wildman–Crippen MR) is 66.9 cm³/mol. The van der Waals surface area contributed by atoms with Crippen molar-refractivity contribution in [1.29, 1.82) is 0 Å². The van der Waals surface area contributed by atoms with Crippen molar-refractivity contribution in [2.45, 2.75) is 12.8 Å². The molecule has 1 aliphatic carbocycles. The molecule has 0 saturated heterocycles. The molecule has 3 nitrogen and oxygen atoms in total. The largest absolute Gasteiger partial charge is 0.478 e. The van der Waals surface area contributed by atoms with E-state index in [1.165, 1.54) is 11.2 Å². The van der Waals surface area contributed by atoms with Crippen LogP contribution in [0.3, 0.4) is 0 Å². The number of aryl methyl sites for hydroxylation is 1. The van der Waals surface area contributed by atoms with Gasteiger partial charge in [-0.1, -0.05) is 18.2 Å². The van der Waals surface area contributed by atoms with Gasteiger partial charge in [0.15, 0.2) is 0 Å². The van der Waals surface area contributed by atoms with E-state index in [-0.39, 0.29) is 0 Å². The van der Waals surface area contributed by atoms with Crippen molar-refractivity contribution in [1.82, 2.24) is 4.57 Å². The Labute approximate surface area is 99.0 Å². The standard InChI is InChI=1S/C14H13NO2/c1-15-12-5-3-2-4-10(12)11-8-9(14(16)17)6-7-13(11)15/h2-5,8H,6-7H2,1H3,(H,16,17). The lowest BCUT2D eigenvalue weighted by atomic mass is 9.96. The fourth-order valence-corrected chi connectivity index (χ4v) is 2.61. The number of fused-ring (bicyclic) bond motifs is 3. The highest BCUT2D eigenvalue weighted by atomic mass is 16.4. The number of carbonyl (C=O) groups is 1. The van der Waals surface area contributed by atoms with E-state index in [1.807, 2.05) is 25.3 Å². The van der Waals surface area contributed by atoms with Crippen molar-refractivity contribution in [3.63, 3.8) is 0 Å². The number of benzene rings is 1. The van der Waals surface area contributed by atoms with Crippen molar-refractivity contribution in [3.05, 3.63) is 41.1 Å². The molecule has 0 aliphatic heterocycles. The second-order valence-corrected chi connectivity index (χ2v) is 4.41. The van der Waals surface area contributed by atoms with Gasteiger partial charge in [0.1, 0.15) is 0 Å². The van der Waals surface area contributed by atoms with E-state index < -0.39 is 5.97 Å². The Morgan fingerprint density at radius 1 is 1.29 bits per heavy atom. The highest BCUT2D eigenvalue weighted by Gasteiger charge is 2.20. The minimum absolute atomic E-state index is 0.508. The number of carboxylic acids is 1. The Morgan fingerprint density at radius 2 is 2.06 bits per heavy atom. The Morgan fingerprint density at radius 3 is 2.82 bits per heavy atom. The summed E-state index contributed by atoms with van der Waals surface area (Å²) < 4.78 is 2.17. The van der Waals surface area contributed by atoms with Gasteiger partial charge < -0.3 is 9.67 Å². The Balaban J connectivity index is 2.33. The van der Waals surface area contributed by atoms with Gasteiger partial charge in [0.05, 0.1) is 0 Å². The average molecular weight is 227 g/mol. The Bertz CT molecular complexity index is 650. The van der Waals surface area contributed by atoms with Crippen LogP contribution in [0.25, 0.3) is 17.0 Å². The van der Waals surface area contributed by atoms with Crippen molar-refractivity contribution >= 4 is 22.9 Å². The fourth-order valence-electron chi connectivity index (χ4n) is 2.61. The van der Waals surface area contributed by atoms with Gasteiger partial charge in [-0.3, -0.25) is 0 Å². The second-order valence-electron chi connectivity index (χ2n) is 4.41. The molecule has 1 heterocycles. The molecule has 0 atom stereocenters. The molecule has 86 valence electrons. The highest BCUT2D eigenvalue weighted by Crippen LogP contribution is 2.32. The van der Waals surface area contributed by atoms with Gasteiger partial charge >= 0.3 is 5.97 Å². The first-order chi connectivity index (χ1) is 8.18. The molecule has 1 aliphatic rings. The first-order valence-electron chi connectivity index (χ1n) is 5.68. The van der Waals surface area contributed by atoms with Crippen LogP contribution in [0, 0.1) is 0 Å². The number of aromatic nitrogens is 1. The molecule has 0 amide bonds. The van der Waals surface area contributed by atoms with E-state index in [2.05, 4.69) is 16.7 Å². The first-order valence-corrected chi connectivity index (χ1v) is 5.68. The highest BCUT2D eigenvalue weighted by molar-refractivity contribution is 5.99. The van der Waals surface area contributed by atoms with E-state index in [0.717, 1.165) is 17.4 Å². The summed E-state index contributed by atoms with van der Waals surface area (Å²) >= 11 is 0. The van der Waals surface area contributed by atoms with Gasteiger partial charge in [0, 0.05) is 34.8 Å². The summed E-state index contributed by atoms with van der Waals surface area (Å²) in [6.45, 7) is 0. The van der Waals surface area contributed by atoms with Gasteiger partial charge in [-0.05, 0) is 25.0 Å². The van der Waals surface area contributed by atoms with Crippen LogP contribution in [-0.4, -0.2) is 15.6 Å². The number of para-hydroxylation sites is 1. The predicted octanol–water partition coefficient (Wildman–Crippen LogP) is 2.59. The van der Waals surface area contributed by atoms with Gasteiger partial charge in [0.25, 0.3) is 0 Å². The number of aliphatic carboxylic acids is 1. The summed E-state index contributed by atoms with van der Waals surface area (Å²) in [6.07, 6.45) is 3.24. The summed E-state index contributed by atoms with van der Waals surface area (Å²) in [7, 11) is 2.04. The quantitative estimate of drug-likeness (QED) is 0.813. The molecular weight excluding hydrogens is 214 g/mol. The molecule has 1 N–H and O–H groups in total. The van der Waals surface area contributed by atoms with Crippen molar-refractivity contribution in [2.24, 2.45) is 7.05 Å². The Hall–Kier alpha value is -2.03. The maximum absolute atomic E-state index is 11.0. The van der Waals surface area contributed by atoms with Crippen LogP contribution in [0.15, 0.2) is 29.8 Å². The third-order valence-electron chi connectivity index (χ3n) is 3.50. The number of rotatable bonds is 1. The van der Waals surface area contributed by atoms with Crippen LogP contribution >= 0.6 is 0 Å². The average Bonchev–Trinajstić information content (AvgIpc) is 2.64. The molecular formula is C14H13NO2. The maximum atomic E-state index is 11.0. The molecule has 0 fully saturated rings. The van der Waals surface area contributed by atoms with Crippen LogP contribution in [0.2, 0.25) is 0 Å². The minimum Gasteiger partial charge on any atom is -0.478 e. The Kier molecular flexibility index (Phi) is 2.08. The van der Waals surface area contributed by atoms with E-state index in [9.17, 15) is 4.79 Å². The maximum Gasteiger partial charge on any atom is 0.331 e. The smallest absolute Gasteiger partial charge is 0.331 e. The normalized spacial score (nSPS) is 14.5. The molecule has 0 saturated carbocycles. The fraction of sp³-hybridized carbons (Fsp3) is 0.214. The minimum atomic E-state index is -0.802. The number of hydrogen-bond donors (Lipinski definition) is 1. The summed E-state index contributed by atoms with van der Waals surface area (Å²) in [6, 6.07) is 8.12. The molecule has 0 bridgehead atoms. The van der Waals surface area contributed by atoms with Crippen LogP contribution in [0.5, 0.6) is 0 Å². The van der Waals surface area contributed by atoms with Crippen LogP contribution < -0.4 is 0 Å². The van der Waals surface area contributed by atoms with Gasteiger partial charge in [0.2, 0.25) is 0 Å². The van der Waals surface area contributed by atoms with E-state index in [4.69, 9.17) is 5.11 Å². The molecule has 1 aromatic carbocycles. The molecule has 0 unspecified atom stereocenters. The van der Waals surface area contributed by atoms with Crippen molar-refractivity contribution < 1.29 is 9.90 Å². The van der Waals surface area contributed by atoms with Gasteiger partial charge in [-0.25, -0.2) is 4.79 Å². The lowest BCUT2D eigenvalue weighted by molar-refractivity contribution is -0.132. The van der Waals surface area contributed by atoms with Gasteiger partial charge in [-0.2, -0.15) is 0 Å². The molecule has 17 heavy (non-hydrogen) atoms. The lowest BCUT2D eigenvalue weighted by Crippen LogP contribution is -2.08. The van der Waals surface area contributed by atoms with E-state index in [0.29, 0.717) is 12.0 Å². The zero-order chi connectivity index (χ0) is 12.0. The van der Waals surface area contributed by atoms with Crippen LogP contribution in [0.4, 0.5) is 0 Å². The molecule has 0 spiro atoms. The topological polar surface area (TPSA) is 42.2 Å².